The number of likely N-dealkylation sites (tertiary alicyclic amines) is 1. The van der Waals surface area contributed by atoms with Crippen LogP contribution in [-0.2, 0) is 4.79 Å². The zero-order chi connectivity index (χ0) is 20.2. The van der Waals surface area contributed by atoms with Crippen LogP contribution in [0, 0.1) is 0 Å². The molecule has 7 heteroatoms. The number of carbonyl (C=O) groups excluding carboxylic acids is 2. The molecule has 2 N–H and O–H groups in total. The number of fused-ring (bicyclic) bond motifs is 1. The van der Waals surface area contributed by atoms with Crippen molar-refractivity contribution in [2.24, 2.45) is 0 Å². The molecule has 150 valence electrons. The van der Waals surface area contributed by atoms with Crippen molar-refractivity contribution < 1.29 is 9.59 Å². The van der Waals surface area contributed by atoms with Crippen molar-refractivity contribution >= 4 is 33.5 Å². The number of carbonyl (C=O) groups is 2. The van der Waals surface area contributed by atoms with Gasteiger partial charge < -0.3 is 5.32 Å². The lowest BCUT2D eigenvalue weighted by Gasteiger charge is -2.36. The van der Waals surface area contributed by atoms with Crippen molar-refractivity contribution in [2.75, 3.05) is 20.1 Å². The summed E-state index contributed by atoms with van der Waals surface area (Å²) in [5.41, 5.74) is 1.95. The van der Waals surface area contributed by atoms with Gasteiger partial charge in [-0.1, -0.05) is 42.5 Å². The van der Waals surface area contributed by atoms with E-state index in [2.05, 4.69) is 27.7 Å². The smallest absolute Gasteiger partial charge is 0.321 e. The fraction of sp³-hybridized carbons (Fsp3) is 0.318. The van der Waals surface area contributed by atoms with E-state index in [1.807, 2.05) is 42.5 Å². The average Bonchev–Trinajstić information content (AvgIpc) is 3.19. The number of rotatable bonds is 4. The minimum absolute atomic E-state index is 0.297. The van der Waals surface area contributed by atoms with Crippen molar-refractivity contribution in [1.82, 2.24) is 20.5 Å². The lowest BCUT2D eigenvalue weighted by atomic mass is 9.94. The number of urea groups is 1. The van der Waals surface area contributed by atoms with Crippen LogP contribution in [0.4, 0.5) is 4.79 Å². The van der Waals surface area contributed by atoms with E-state index >= 15 is 0 Å². The van der Waals surface area contributed by atoms with Crippen LogP contribution in [0.5, 0.6) is 0 Å². The number of thiazole rings is 1. The molecule has 0 unspecified atom stereocenters. The first-order chi connectivity index (χ1) is 14.2. The number of imide groups is 1. The van der Waals surface area contributed by atoms with E-state index in [1.165, 1.54) is 16.8 Å². The first kappa shape index (κ1) is 19.5. The third kappa shape index (κ3) is 4.31. The third-order valence-electron chi connectivity index (χ3n) is 5.38. The van der Waals surface area contributed by atoms with Crippen molar-refractivity contribution in [2.45, 2.75) is 24.8 Å². The van der Waals surface area contributed by atoms with Crippen LogP contribution in [0.15, 0.2) is 54.6 Å². The average molecular weight is 409 g/mol. The topological polar surface area (TPSA) is 74.3 Å². The van der Waals surface area contributed by atoms with Gasteiger partial charge in [-0.3, -0.25) is 15.0 Å². The number of hydrogen-bond donors (Lipinski definition) is 2. The zero-order valence-corrected chi connectivity index (χ0v) is 17.1. The Hall–Kier alpha value is -2.77. The van der Waals surface area contributed by atoms with E-state index < -0.39 is 12.1 Å². The van der Waals surface area contributed by atoms with E-state index in [1.54, 1.807) is 11.3 Å². The molecule has 3 amide bonds. The molecule has 0 radical (unpaired) electrons. The minimum Gasteiger partial charge on any atom is -0.341 e. The number of amides is 3. The summed E-state index contributed by atoms with van der Waals surface area (Å²) < 4.78 is 1.22. The molecule has 0 aliphatic carbocycles. The Labute approximate surface area is 173 Å². The van der Waals surface area contributed by atoms with Crippen molar-refractivity contribution in [3.63, 3.8) is 0 Å². The Kier molecular flexibility index (Phi) is 5.87. The van der Waals surface area contributed by atoms with E-state index in [-0.39, 0.29) is 5.91 Å². The predicted molar refractivity (Wildman–Crippen MR) is 115 cm³/mol. The highest BCUT2D eigenvalue weighted by atomic mass is 32.1. The second-order valence-corrected chi connectivity index (χ2v) is 8.27. The number of hydrogen-bond acceptors (Lipinski definition) is 5. The third-order valence-corrected chi connectivity index (χ3v) is 6.58. The number of nitrogens with zero attached hydrogens (tertiary/aromatic N) is 2. The molecule has 29 heavy (non-hydrogen) atoms. The number of piperidine rings is 1. The monoisotopic (exact) mass is 408 g/mol. The molecular weight excluding hydrogens is 384 g/mol. The Morgan fingerprint density at radius 2 is 1.76 bits per heavy atom. The Morgan fingerprint density at radius 3 is 2.45 bits per heavy atom. The number of aromatic nitrogens is 1. The predicted octanol–water partition coefficient (Wildman–Crippen LogP) is 3.67. The van der Waals surface area contributed by atoms with Crippen LogP contribution in [-0.4, -0.2) is 42.0 Å². The van der Waals surface area contributed by atoms with Gasteiger partial charge in [0, 0.05) is 13.0 Å². The molecule has 1 fully saturated rings. The summed E-state index contributed by atoms with van der Waals surface area (Å²) in [5.74, 6) is 0.107. The SMILES string of the molecule is CNC(=O)NC(=O)[C@@H](c1ccccc1)N1CCC(c2nc3ccccc3s2)CC1. The maximum Gasteiger partial charge on any atom is 0.321 e. The van der Waals surface area contributed by atoms with Crippen molar-refractivity contribution in [3.8, 4) is 0 Å². The number of nitrogens with one attached hydrogen (secondary N) is 2. The van der Waals surface area contributed by atoms with Gasteiger partial charge in [0.05, 0.1) is 15.2 Å². The molecule has 1 aromatic heterocycles. The molecule has 0 bridgehead atoms. The van der Waals surface area contributed by atoms with Crippen LogP contribution in [0.3, 0.4) is 0 Å². The second-order valence-electron chi connectivity index (χ2n) is 7.21. The molecule has 1 aliphatic heterocycles. The first-order valence-corrected chi connectivity index (χ1v) is 10.6. The summed E-state index contributed by atoms with van der Waals surface area (Å²) in [6, 6.07) is 16.9. The van der Waals surface area contributed by atoms with Gasteiger partial charge in [0.15, 0.2) is 0 Å². The van der Waals surface area contributed by atoms with Gasteiger partial charge in [-0.25, -0.2) is 9.78 Å². The lowest BCUT2D eigenvalue weighted by Crippen LogP contribution is -2.47. The highest BCUT2D eigenvalue weighted by Crippen LogP contribution is 2.36. The fourth-order valence-corrected chi connectivity index (χ4v) is 5.01. The van der Waals surface area contributed by atoms with Gasteiger partial charge in [0.25, 0.3) is 0 Å². The van der Waals surface area contributed by atoms with Crippen LogP contribution in [0.25, 0.3) is 10.2 Å². The highest BCUT2D eigenvalue weighted by molar-refractivity contribution is 7.18. The molecule has 0 spiro atoms. The molecule has 0 saturated carbocycles. The molecule has 3 aromatic rings. The van der Waals surface area contributed by atoms with Gasteiger partial charge in [0.1, 0.15) is 6.04 Å². The molecule has 2 heterocycles. The maximum atomic E-state index is 12.9. The van der Waals surface area contributed by atoms with Crippen LogP contribution < -0.4 is 10.6 Å². The number of para-hydroxylation sites is 1. The van der Waals surface area contributed by atoms with Crippen LogP contribution in [0.1, 0.15) is 35.4 Å². The largest absolute Gasteiger partial charge is 0.341 e. The summed E-state index contributed by atoms with van der Waals surface area (Å²) in [7, 11) is 1.50. The molecule has 4 rings (SSSR count). The van der Waals surface area contributed by atoms with E-state index in [0.717, 1.165) is 37.0 Å². The molecular formula is C22H24N4O2S. The fourth-order valence-electron chi connectivity index (χ4n) is 3.88. The van der Waals surface area contributed by atoms with Crippen molar-refractivity contribution in [1.29, 1.82) is 0 Å². The van der Waals surface area contributed by atoms with Crippen LogP contribution in [0.2, 0.25) is 0 Å². The van der Waals surface area contributed by atoms with Gasteiger partial charge >= 0.3 is 6.03 Å². The summed E-state index contributed by atoms with van der Waals surface area (Å²) in [6.45, 7) is 1.56. The quantitative estimate of drug-likeness (QED) is 0.691. The number of benzene rings is 2. The van der Waals surface area contributed by atoms with E-state index in [0.29, 0.717) is 5.92 Å². The van der Waals surface area contributed by atoms with Gasteiger partial charge in [-0.2, -0.15) is 0 Å². The van der Waals surface area contributed by atoms with Crippen LogP contribution >= 0.6 is 11.3 Å². The minimum atomic E-state index is -0.486. The molecule has 2 aromatic carbocycles. The molecule has 1 saturated heterocycles. The van der Waals surface area contributed by atoms with Gasteiger partial charge in [0.2, 0.25) is 5.91 Å². The summed E-state index contributed by atoms with van der Waals surface area (Å²) in [4.78, 5) is 31.5. The Morgan fingerprint density at radius 1 is 1.07 bits per heavy atom. The van der Waals surface area contributed by atoms with Crippen molar-refractivity contribution in [3.05, 3.63) is 65.2 Å². The Balaban J connectivity index is 1.50. The zero-order valence-electron chi connectivity index (χ0n) is 16.3. The molecule has 6 nitrogen and oxygen atoms in total. The summed E-state index contributed by atoms with van der Waals surface area (Å²) >= 11 is 1.77. The molecule has 1 atom stereocenters. The maximum absolute atomic E-state index is 12.9. The van der Waals surface area contributed by atoms with Gasteiger partial charge in [-0.05, 0) is 43.6 Å². The molecule has 1 aliphatic rings. The first-order valence-electron chi connectivity index (χ1n) is 9.82. The summed E-state index contributed by atoms with van der Waals surface area (Å²) in [5, 5.41) is 6.07. The second kappa shape index (κ2) is 8.71. The Bertz CT molecular complexity index is 963. The van der Waals surface area contributed by atoms with Gasteiger partial charge in [-0.15, -0.1) is 11.3 Å². The standard InChI is InChI=1S/C22H24N4O2S/c1-23-22(28)25-20(27)19(15-7-3-2-4-8-15)26-13-11-16(12-14-26)21-24-17-9-5-6-10-18(17)29-21/h2-10,16,19H,11-14H2,1H3,(H2,23,25,27,28)/t19-/m1/s1. The van der Waals surface area contributed by atoms with E-state index in [9.17, 15) is 9.59 Å². The summed E-state index contributed by atoms with van der Waals surface area (Å²) in [6.07, 6.45) is 1.88. The lowest BCUT2D eigenvalue weighted by molar-refractivity contribution is -0.126. The normalized spacial score (nSPS) is 16.4. The highest BCUT2D eigenvalue weighted by Gasteiger charge is 2.33. The van der Waals surface area contributed by atoms with E-state index in [4.69, 9.17) is 4.98 Å².